The number of benzene rings is 2. The lowest BCUT2D eigenvalue weighted by Crippen LogP contribution is -2.44. The van der Waals surface area contributed by atoms with Crippen LogP contribution in [-0.2, 0) is 19.4 Å². The van der Waals surface area contributed by atoms with Crippen LogP contribution in [0.1, 0.15) is 24.6 Å². The van der Waals surface area contributed by atoms with Crippen LogP contribution in [0, 0.1) is 0 Å². The summed E-state index contributed by atoms with van der Waals surface area (Å²) in [7, 11) is 0. The van der Waals surface area contributed by atoms with Gasteiger partial charge in [-0.05, 0) is 29.5 Å². The molecule has 0 fully saturated rings. The summed E-state index contributed by atoms with van der Waals surface area (Å²) < 4.78 is 2.55. The van der Waals surface area contributed by atoms with Crippen LogP contribution in [0.4, 0.5) is 0 Å². The van der Waals surface area contributed by atoms with E-state index in [1.165, 1.54) is 39.7 Å². The second kappa shape index (κ2) is 5.00. The quantitative estimate of drug-likeness (QED) is 0.613. The van der Waals surface area contributed by atoms with Crippen molar-refractivity contribution in [1.82, 2.24) is 0 Å². The molecule has 2 heterocycles. The number of rotatable bonds is 2. The highest BCUT2D eigenvalue weighted by Crippen LogP contribution is 2.32. The normalized spacial score (nSPS) is 13.0. The van der Waals surface area contributed by atoms with Crippen LogP contribution in [0.25, 0.3) is 22.0 Å². The zero-order valence-electron chi connectivity index (χ0n) is 12.5. The van der Waals surface area contributed by atoms with E-state index in [0.717, 1.165) is 19.4 Å². The zero-order valence-corrected chi connectivity index (χ0v) is 12.5. The Morgan fingerprint density at radius 3 is 2.71 bits per heavy atom. The highest BCUT2D eigenvalue weighted by molar-refractivity contribution is 5.94. The maximum Gasteiger partial charge on any atom is 0.220 e. The molecule has 0 radical (unpaired) electrons. The van der Waals surface area contributed by atoms with Gasteiger partial charge >= 0.3 is 0 Å². The third-order valence-electron chi connectivity index (χ3n) is 4.54. The molecule has 0 aliphatic carbocycles. The van der Waals surface area contributed by atoms with Gasteiger partial charge in [0, 0.05) is 18.9 Å². The summed E-state index contributed by atoms with van der Waals surface area (Å²) in [4.78, 5) is 0. The molecule has 4 rings (SSSR count). The monoisotopic (exact) mass is 274 g/mol. The van der Waals surface area contributed by atoms with E-state index >= 15 is 0 Å². The zero-order chi connectivity index (χ0) is 14.2. The van der Waals surface area contributed by atoms with Gasteiger partial charge in [0.2, 0.25) is 5.69 Å². The van der Waals surface area contributed by atoms with Crippen molar-refractivity contribution in [1.29, 1.82) is 0 Å². The first-order valence-electron chi connectivity index (χ1n) is 7.91. The van der Waals surface area contributed by atoms with Crippen molar-refractivity contribution in [2.45, 2.75) is 32.7 Å². The lowest BCUT2D eigenvalue weighted by atomic mass is 9.93. The van der Waals surface area contributed by atoms with Crippen molar-refractivity contribution in [2.75, 3.05) is 0 Å². The maximum absolute atomic E-state index is 2.55. The van der Waals surface area contributed by atoms with Crippen LogP contribution in [0.2, 0.25) is 0 Å². The fourth-order valence-electron chi connectivity index (χ4n) is 3.60. The topological polar surface area (TPSA) is 3.88 Å². The van der Waals surface area contributed by atoms with Crippen molar-refractivity contribution in [3.63, 3.8) is 0 Å². The van der Waals surface area contributed by atoms with Gasteiger partial charge in [0.1, 0.15) is 0 Å². The van der Waals surface area contributed by atoms with Gasteiger partial charge in [-0.3, -0.25) is 0 Å². The number of aromatic nitrogens is 1. The Kier molecular flexibility index (Phi) is 2.99. The summed E-state index contributed by atoms with van der Waals surface area (Å²) in [5, 5.41) is 2.74. The lowest BCUT2D eigenvalue weighted by Gasteiger charge is -2.18. The molecule has 0 unspecified atom stereocenters. The van der Waals surface area contributed by atoms with Gasteiger partial charge in [-0.15, -0.1) is 0 Å². The van der Waals surface area contributed by atoms with Crippen LogP contribution >= 0.6 is 0 Å². The first-order chi connectivity index (χ1) is 10.4. The molecule has 0 N–H and O–H groups in total. The molecule has 21 heavy (non-hydrogen) atoms. The summed E-state index contributed by atoms with van der Waals surface area (Å²) >= 11 is 0. The van der Waals surface area contributed by atoms with Crippen LogP contribution in [0.15, 0.2) is 54.6 Å². The summed E-state index contributed by atoms with van der Waals surface area (Å²) in [6, 6.07) is 20.1. The minimum absolute atomic E-state index is 1.10. The maximum atomic E-state index is 2.55. The Morgan fingerprint density at radius 2 is 1.81 bits per heavy atom. The highest BCUT2D eigenvalue weighted by Gasteiger charge is 2.27. The average molecular weight is 274 g/mol. The van der Waals surface area contributed by atoms with E-state index in [-0.39, 0.29) is 0 Å². The molecule has 1 aliphatic rings. The van der Waals surface area contributed by atoms with Gasteiger partial charge in [0.05, 0.1) is 10.9 Å². The molecule has 0 saturated carbocycles. The number of pyridine rings is 1. The fraction of sp³-hybridized carbons (Fsp3) is 0.250. The first-order valence-corrected chi connectivity index (χ1v) is 7.91. The Labute approximate surface area is 125 Å². The van der Waals surface area contributed by atoms with Gasteiger partial charge in [-0.2, -0.15) is 4.57 Å². The van der Waals surface area contributed by atoms with E-state index < -0.39 is 0 Å². The van der Waals surface area contributed by atoms with Gasteiger partial charge in [-0.25, -0.2) is 0 Å². The predicted octanol–water partition coefficient (Wildman–Crippen LogP) is 4.30. The average Bonchev–Trinajstić information content (AvgIpc) is 2.54. The van der Waals surface area contributed by atoms with Crippen LogP contribution in [-0.4, -0.2) is 0 Å². The summed E-state index contributed by atoms with van der Waals surface area (Å²) in [6.45, 7) is 3.37. The third-order valence-corrected chi connectivity index (χ3v) is 4.54. The van der Waals surface area contributed by atoms with Crippen molar-refractivity contribution < 1.29 is 4.57 Å². The molecule has 1 heteroatoms. The number of aryl methyl sites for hydroxylation is 2. The number of hydrogen-bond acceptors (Lipinski definition) is 0. The Hall–Kier alpha value is -2.15. The summed E-state index contributed by atoms with van der Waals surface area (Å²) in [5.41, 5.74) is 5.79. The number of nitrogens with zero attached hydrogens (tertiary/aromatic N) is 1. The van der Waals surface area contributed by atoms with E-state index in [1.54, 1.807) is 0 Å². The van der Waals surface area contributed by atoms with E-state index in [9.17, 15) is 0 Å². The number of fused-ring (bicyclic) bond motifs is 5. The lowest BCUT2D eigenvalue weighted by molar-refractivity contribution is -0.693. The minimum atomic E-state index is 1.10. The molecule has 0 amide bonds. The molecule has 1 aromatic heterocycles. The highest BCUT2D eigenvalue weighted by atomic mass is 15.0. The molecule has 0 spiro atoms. The molecule has 3 aromatic rings. The second-order valence-electron chi connectivity index (χ2n) is 5.88. The molecule has 0 saturated heterocycles. The van der Waals surface area contributed by atoms with Crippen molar-refractivity contribution >= 4 is 10.8 Å². The van der Waals surface area contributed by atoms with E-state index in [0.29, 0.717) is 0 Å². The molecule has 0 atom stereocenters. The molecule has 0 bridgehead atoms. The van der Waals surface area contributed by atoms with Gasteiger partial charge in [0.25, 0.3) is 0 Å². The van der Waals surface area contributed by atoms with Crippen molar-refractivity contribution in [3.8, 4) is 11.3 Å². The smallest absolute Gasteiger partial charge is 0.195 e. The van der Waals surface area contributed by atoms with Crippen LogP contribution in [0.3, 0.4) is 0 Å². The van der Waals surface area contributed by atoms with Crippen molar-refractivity contribution in [2.24, 2.45) is 0 Å². The first kappa shape index (κ1) is 12.6. The van der Waals surface area contributed by atoms with E-state index in [2.05, 4.69) is 66.1 Å². The SMILES string of the molecule is CCCc1cc2ccccc2c2[n+]1CCc1ccccc1-2. The van der Waals surface area contributed by atoms with Gasteiger partial charge in [-0.1, -0.05) is 43.3 Å². The fourth-order valence-corrected chi connectivity index (χ4v) is 3.60. The second-order valence-corrected chi connectivity index (χ2v) is 5.88. The van der Waals surface area contributed by atoms with E-state index in [4.69, 9.17) is 0 Å². The Bertz CT molecular complexity index is 817. The predicted molar refractivity (Wildman–Crippen MR) is 87.3 cm³/mol. The molecule has 2 aromatic carbocycles. The largest absolute Gasteiger partial charge is 0.220 e. The standard InChI is InChI=1S/C20H20N/c1-2-7-17-14-16-9-4-6-11-19(16)20-18-10-5-3-8-15(18)12-13-21(17)20/h3-6,8-11,14H,2,7,12-13H2,1H3/q+1. The molecular formula is C20H20N+. The minimum Gasteiger partial charge on any atom is -0.195 e. The molecule has 1 aliphatic heterocycles. The van der Waals surface area contributed by atoms with Gasteiger partial charge < -0.3 is 0 Å². The Morgan fingerprint density at radius 1 is 1.00 bits per heavy atom. The van der Waals surface area contributed by atoms with Gasteiger partial charge in [0.15, 0.2) is 12.2 Å². The molecule has 1 nitrogen and oxygen atoms in total. The molecular weight excluding hydrogens is 254 g/mol. The van der Waals surface area contributed by atoms with Crippen molar-refractivity contribution in [3.05, 3.63) is 65.9 Å². The van der Waals surface area contributed by atoms with E-state index in [1.807, 2.05) is 0 Å². The summed E-state index contributed by atoms with van der Waals surface area (Å²) in [5.74, 6) is 0. The summed E-state index contributed by atoms with van der Waals surface area (Å²) in [6.07, 6.45) is 3.49. The Balaban J connectivity index is 2.11. The third kappa shape index (κ3) is 1.96. The van der Waals surface area contributed by atoms with Crippen LogP contribution < -0.4 is 4.57 Å². The number of hydrogen-bond donors (Lipinski definition) is 0. The van der Waals surface area contributed by atoms with Crippen LogP contribution in [0.5, 0.6) is 0 Å². The molecule has 104 valence electrons.